The van der Waals surface area contributed by atoms with Crippen LogP contribution < -0.4 is 17.5 Å². The van der Waals surface area contributed by atoms with Gasteiger partial charge in [-0.15, -0.1) is 0 Å². The summed E-state index contributed by atoms with van der Waals surface area (Å²) in [5.74, 6) is -2.16. The number of rotatable bonds is 8. The maximum absolute atomic E-state index is 17.0. The van der Waals surface area contributed by atoms with E-state index in [-0.39, 0.29) is 29.9 Å². The van der Waals surface area contributed by atoms with E-state index < -0.39 is 39.9 Å². The number of alkyl halides is 2. The molecule has 2 saturated heterocycles. The Morgan fingerprint density at radius 1 is 0.683 bits per heavy atom. The van der Waals surface area contributed by atoms with Gasteiger partial charge in [-0.1, -0.05) is 0 Å². The molecule has 9 heteroatoms. The average Bonchev–Trinajstić information content (AvgIpc) is 3.65. The second-order valence-corrected chi connectivity index (χ2v) is 19.0. The summed E-state index contributed by atoms with van der Waals surface area (Å²) in [6.45, 7) is 6.09. The van der Waals surface area contributed by atoms with E-state index in [9.17, 15) is 0 Å². The van der Waals surface area contributed by atoms with E-state index in [4.69, 9.17) is 23.2 Å². The summed E-state index contributed by atoms with van der Waals surface area (Å²) in [5.41, 5.74) is 0.125. The van der Waals surface area contributed by atoms with Crippen molar-refractivity contribution in [1.82, 2.24) is 0 Å². The van der Waals surface area contributed by atoms with E-state index in [0.29, 0.717) is 58.5 Å². The van der Waals surface area contributed by atoms with Crippen LogP contribution in [-0.2, 0) is 16.6 Å². The van der Waals surface area contributed by atoms with E-state index in [2.05, 4.69) is 0 Å². The SMILES string of the molecule is CC1(CCl)CN(c2ccc(F)[c]([Ti]([C]3=CC=CC3)([C]3=CC=CC3)[c]3c(F)ccc(N4CC(C)(CCl)C4)c3F)c2F)C1. The topological polar surface area (TPSA) is 6.48 Å². The number of hydrogen-bond acceptors (Lipinski definition) is 2. The predicted molar refractivity (Wildman–Crippen MR) is 158 cm³/mol. The van der Waals surface area contributed by atoms with E-state index in [1.807, 2.05) is 60.1 Å². The molecular formula is C32H32Cl2F4N2Ti. The molecule has 216 valence electrons. The van der Waals surface area contributed by atoms with Crippen LogP contribution in [-0.4, -0.2) is 37.9 Å². The Morgan fingerprint density at radius 3 is 1.39 bits per heavy atom. The zero-order chi connectivity index (χ0) is 29.2. The van der Waals surface area contributed by atoms with Gasteiger partial charge < -0.3 is 0 Å². The summed E-state index contributed by atoms with van der Waals surface area (Å²) in [6, 6.07) is 5.40. The van der Waals surface area contributed by atoms with Crippen molar-refractivity contribution in [2.75, 3.05) is 47.7 Å². The molecule has 2 aromatic rings. The van der Waals surface area contributed by atoms with Gasteiger partial charge in [0.25, 0.3) is 0 Å². The standard InChI is InChI=1S/2C11H11ClF2N.2C5H5.Ti/c2*1-11(5-12)6-15(7-11)10-3-2-8(13)4-9(10)14;2*1-2-4-5-3-1;/h2*2-3H,5-7H2,1H3;2*1-3H,4H2;. The summed E-state index contributed by atoms with van der Waals surface area (Å²) in [4.78, 5) is 3.68. The zero-order valence-corrected chi connectivity index (χ0v) is 26.2. The summed E-state index contributed by atoms with van der Waals surface area (Å²) < 4.78 is 67.5. The first-order chi connectivity index (χ1) is 19.6. The summed E-state index contributed by atoms with van der Waals surface area (Å²) in [6.07, 6.45) is 11.8. The first-order valence-corrected chi connectivity index (χ1v) is 18.1. The fraction of sp³-hybridized carbons (Fsp3) is 0.375. The molecule has 0 saturated carbocycles. The van der Waals surface area contributed by atoms with Gasteiger partial charge in [0.15, 0.2) is 0 Å². The van der Waals surface area contributed by atoms with Crippen molar-refractivity contribution in [2.45, 2.75) is 26.7 Å². The van der Waals surface area contributed by atoms with Crippen molar-refractivity contribution < 1.29 is 34.2 Å². The van der Waals surface area contributed by atoms with Gasteiger partial charge >= 0.3 is 253 Å². The van der Waals surface area contributed by atoms with Crippen LogP contribution in [0, 0.1) is 34.1 Å². The van der Waals surface area contributed by atoms with Crippen LogP contribution >= 0.6 is 23.2 Å². The van der Waals surface area contributed by atoms with Crippen LogP contribution in [0.15, 0.2) is 68.5 Å². The van der Waals surface area contributed by atoms with Crippen LogP contribution in [0.4, 0.5) is 28.9 Å². The minimum atomic E-state index is -4.87. The number of halogens is 6. The fourth-order valence-electron chi connectivity index (χ4n) is 6.94. The minimum absolute atomic E-state index is 0.170. The van der Waals surface area contributed by atoms with Gasteiger partial charge in [0.1, 0.15) is 0 Å². The van der Waals surface area contributed by atoms with Gasteiger partial charge in [0.05, 0.1) is 0 Å². The van der Waals surface area contributed by atoms with Crippen molar-refractivity contribution >= 4 is 42.3 Å². The Balaban J connectivity index is 1.61. The van der Waals surface area contributed by atoms with Gasteiger partial charge in [0, 0.05) is 0 Å². The molecule has 0 N–H and O–H groups in total. The predicted octanol–water partition coefficient (Wildman–Crippen LogP) is 7.17. The molecule has 2 fully saturated rings. The quantitative estimate of drug-likeness (QED) is 0.172. The Bertz CT molecular complexity index is 1410. The van der Waals surface area contributed by atoms with Gasteiger partial charge in [-0.25, -0.2) is 0 Å². The van der Waals surface area contributed by atoms with Crippen molar-refractivity contribution in [1.29, 1.82) is 0 Å². The Labute approximate surface area is 252 Å². The van der Waals surface area contributed by atoms with Gasteiger partial charge in [-0.3, -0.25) is 0 Å². The molecular weight excluding hydrogens is 607 g/mol. The van der Waals surface area contributed by atoms with E-state index >= 15 is 17.6 Å². The Morgan fingerprint density at radius 2 is 1.07 bits per heavy atom. The second kappa shape index (κ2) is 10.6. The van der Waals surface area contributed by atoms with Crippen LogP contribution in [0.25, 0.3) is 0 Å². The van der Waals surface area contributed by atoms with Crippen LogP contribution in [0.5, 0.6) is 0 Å². The van der Waals surface area contributed by atoms with E-state index in [0.717, 1.165) is 0 Å². The third-order valence-corrected chi connectivity index (χ3v) is 18.2. The molecule has 0 atom stereocenters. The molecule has 0 amide bonds. The molecule has 6 rings (SSSR count). The molecule has 41 heavy (non-hydrogen) atoms. The van der Waals surface area contributed by atoms with Crippen LogP contribution in [0.3, 0.4) is 0 Å². The normalized spacial score (nSPS) is 20.7. The molecule has 0 aromatic heterocycles. The van der Waals surface area contributed by atoms with Crippen molar-refractivity contribution in [3.8, 4) is 0 Å². The van der Waals surface area contributed by atoms with Crippen LogP contribution in [0.1, 0.15) is 26.7 Å². The molecule has 0 bridgehead atoms. The van der Waals surface area contributed by atoms with Crippen molar-refractivity contribution in [3.63, 3.8) is 0 Å². The monoisotopic (exact) mass is 638 g/mol. The molecule has 0 unspecified atom stereocenters. The van der Waals surface area contributed by atoms with Crippen LogP contribution in [0.2, 0.25) is 0 Å². The fourth-order valence-corrected chi connectivity index (χ4v) is 15.5. The van der Waals surface area contributed by atoms with Crippen molar-refractivity contribution in [2.24, 2.45) is 10.8 Å². The average molecular weight is 639 g/mol. The first kappa shape index (κ1) is 29.1. The second-order valence-electron chi connectivity index (χ2n) is 12.5. The van der Waals surface area contributed by atoms with Gasteiger partial charge in [-0.2, -0.15) is 0 Å². The summed E-state index contributed by atoms with van der Waals surface area (Å²) >= 11 is 7.41. The molecule has 2 aliphatic heterocycles. The number of anilines is 2. The third kappa shape index (κ3) is 4.56. The number of allylic oxidation sites excluding steroid dienone is 8. The van der Waals surface area contributed by atoms with Gasteiger partial charge in [-0.05, 0) is 0 Å². The molecule has 4 aliphatic rings. The Hall–Kier alpha value is -1.99. The molecule has 2 aromatic carbocycles. The number of benzene rings is 2. The Kier molecular flexibility index (Phi) is 7.54. The molecule has 0 spiro atoms. The van der Waals surface area contributed by atoms with Crippen molar-refractivity contribution in [3.05, 3.63) is 91.7 Å². The first-order valence-electron chi connectivity index (χ1n) is 13.9. The maximum atomic E-state index is 17.0. The summed E-state index contributed by atoms with van der Waals surface area (Å²) in [5, 5.41) is 0. The van der Waals surface area contributed by atoms with E-state index in [1.165, 1.54) is 24.3 Å². The molecule has 2 nitrogen and oxygen atoms in total. The zero-order valence-electron chi connectivity index (χ0n) is 23.1. The van der Waals surface area contributed by atoms with Gasteiger partial charge in [0.2, 0.25) is 0 Å². The number of nitrogens with zero attached hydrogens (tertiary/aromatic N) is 2. The molecule has 2 heterocycles. The van der Waals surface area contributed by atoms with E-state index in [1.54, 1.807) is 0 Å². The number of hydrogen-bond donors (Lipinski definition) is 0. The summed E-state index contributed by atoms with van der Waals surface area (Å²) in [7, 11) is 0. The molecule has 2 aliphatic carbocycles. The molecule has 0 radical (unpaired) electrons. The third-order valence-electron chi connectivity index (χ3n) is 9.01.